The molecular weight excluding hydrogens is 274 g/mol. The molecule has 1 amide bonds. The number of nitrogens with zero attached hydrogens (tertiary/aromatic N) is 2. The molecule has 114 valence electrons. The number of rotatable bonds is 5. The number of nitrogens with one attached hydrogen (secondary N) is 1. The normalized spacial score (nSPS) is 18.3. The van der Waals surface area contributed by atoms with Crippen LogP contribution in [0, 0.1) is 10.1 Å². The van der Waals surface area contributed by atoms with Gasteiger partial charge in [-0.1, -0.05) is 12.1 Å². The van der Waals surface area contributed by atoms with E-state index in [2.05, 4.69) is 5.32 Å². The van der Waals surface area contributed by atoms with Gasteiger partial charge in [-0.3, -0.25) is 14.9 Å². The number of aliphatic hydroxyl groups excluding tert-OH is 1. The maximum Gasteiger partial charge on any atom is 0.292 e. The minimum Gasteiger partial charge on any atom is -0.391 e. The Bertz CT molecular complexity index is 521. The van der Waals surface area contributed by atoms with Gasteiger partial charge in [-0.25, -0.2) is 0 Å². The number of nitro groups is 1. The number of carbonyl (C=O) groups excluding carboxylic acids is 1. The smallest absolute Gasteiger partial charge is 0.292 e. The molecule has 1 atom stereocenters. The number of likely N-dealkylation sites (tertiary alicyclic amines) is 1. The zero-order valence-electron chi connectivity index (χ0n) is 11.7. The van der Waals surface area contributed by atoms with Crippen LogP contribution in [0.25, 0.3) is 0 Å². The molecule has 1 unspecified atom stereocenters. The van der Waals surface area contributed by atoms with Gasteiger partial charge in [-0.15, -0.1) is 0 Å². The standard InChI is InChI=1S/C14H19N3O4/c18-11-4-3-9-16(10-11)14(19)7-8-15-12-5-1-2-6-13(12)17(20)21/h1-2,5-6,11,15,18H,3-4,7-10H2. The first-order valence-corrected chi connectivity index (χ1v) is 7.01. The zero-order valence-corrected chi connectivity index (χ0v) is 11.7. The van der Waals surface area contributed by atoms with E-state index >= 15 is 0 Å². The number of piperidine rings is 1. The minimum absolute atomic E-state index is 0.00153. The first-order valence-electron chi connectivity index (χ1n) is 7.01. The molecule has 1 aliphatic heterocycles. The molecule has 0 radical (unpaired) electrons. The number of aliphatic hydroxyl groups is 1. The third-order valence-corrected chi connectivity index (χ3v) is 3.50. The van der Waals surface area contributed by atoms with Crippen molar-refractivity contribution in [3.8, 4) is 0 Å². The Labute approximate surface area is 122 Å². The molecule has 21 heavy (non-hydrogen) atoms. The predicted octanol–water partition coefficient (Wildman–Crippen LogP) is 1.38. The number of para-hydroxylation sites is 2. The number of nitro benzene ring substituents is 1. The van der Waals surface area contributed by atoms with Crippen LogP contribution in [0.15, 0.2) is 24.3 Å². The van der Waals surface area contributed by atoms with E-state index in [0.29, 0.717) is 25.3 Å². The van der Waals surface area contributed by atoms with Crippen LogP contribution in [-0.2, 0) is 4.79 Å². The summed E-state index contributed by atoms with van der Waals surface area (Å²) in [6, 6.07) is 6.35. The van der Waals surface area contributed by atoms with Crippen LogP contribution in [-0.4, -0.2) is 46.6 Å². The van der Waals surface area contributed by atoms with Crippen LogP contribution in [0.4, 0.5) is 11.4 Å². The average molecular weight is 293 g/mol. The predicted molar refractivity (Wildman–Crippen MR) is 78.0 cm³/mol. The molecule has 1 aliphatic rings. The summed E-state index contributed by atoms with van der Waals surface area (Å²) in [6.07, 6.45) is 1.35. The molecule has 0 saturated carbocycles. The van der Waals surface area contributed by atoms with Gasteiger partial charge in [0.15, 0.2) is 0 Å². The lowest BCUT2D eigenvalue weighted by molar-refractivity contribution is -0.384. The van der Waals surface area contributed by atoms with Gasteiger partial charge in [-0.05, 0) is 18.9 Å². The molecule has 7 heteroatoms. The van der Waals surface area contributed by atoms with Gasteiger partial charge in [0.25, 0.3) is 5.69 Å². The number of amides is 1. The van der Waals surface area contributed by atoms with Crippen molar-refractivity contribution in [2.75, 3.05) is 25.0 Å². The first-order chi connectivity index (χ1) is 10.1. The highest BCUT2D eigenvalue weighted by molar-refractivity contribution is 5.77. The van der Waals surface area contributed by atoms with Crippen molar-refractivity contribution in [2.45, 2.75) is 25.4 Å². The van der Waals surface area contributed by atoms with E-state index in [1.54, 1.807) is 23.1 Å². The third-order valence-electron chi connectivity index (χ3n) is 3.50. The van der Waals surface area contributed by atoms with Gasteiger partial charge >= 0.3 is 0 Å². The fraction of sp³-hybridized carbons (Fsp3) is 0.500. The van der Waals surface area contributed by atoms with E-state index in [-0.39, 0.29) is 18.0 Å². The van der Waals surface area contributed by atoms with Gasteiger partial charge in [0.05, 0.1) is 11.0 Å². The second-order valence-corrected chi connectivity index (χ2v) is 5.09. The Kier molecular flexibility index (Phi) is 5.10. The van der Waals surface area contributed by atoms with Crippen molar-refractivity contribution in [3.63, 3.8) is 0 Å². The van der Waals surface area contributed by atoms with Crippen molar-refractivity contribution in [1.82, 2.24) is 4.90 Å². The Morgan fingerprint density at radius 3 is 2.95 bits per heavy atom. The fourth-order valence-electron chi connectivity index (χ4n) is 2.43. The lowest BCUT2D eigenvalue weighted by atomic mass is 10.1. The molecule has 0 aliphatic carbocycles. The van der Waals surface area contributed by atoms with Crippen molar-refractivity contribution < 1.29 is 14.8 Å². The summed E-state index contributed by atoms with van der Waals surface area (Å²) in [5.41, 5.74) is 0.410. The lowest BCUT2D eigenvalue weighted by Crippen LogP contribution is -2.42. The molecule has 1 aromatic rings. The molecule has 2 rings (SSSR count). The maximum absolute atomic E-state index is 12.0. The molecule has 1 heterocycles. The molecule has 7 nitrogen and oxygen atoms in total. The second-order valence-electron chi connectivity index (χ2n) is 5.09. The highest BCUT2D eigenvalue weighted by Gasteiger charge is 2.21. The SMILES string of the molecule is O=C(CCNc1ccccc1[N+](=O)[O-])N1CCCC(O)C1. The Morgan fingerprint density at radius 1 is 1.48 bits per heavy atom. The topological polar surface area (TPSA) is 95.7 Å². The van der Waals surface area contributed by atoms with Crippen LogP contribution in [0.1, 0.15) is 19.3 Å². The van der Waals surface area contributed by atoms with Gasteiger partial charge in [0.2, 0.25) is 5.91 Å². The number of anilines is 1. The Balaban J connectivity index is 1.84. The van der Waals surface area contributed by atoms with E-state index in [1.807, 2.05) is 0 Å². The molecule has 1 aromatic carbocycles. The van der Waals surface area contributed by atoms with E-state index in [0.717, 1.165) is 12.8 Å². The molecular formula is C14H19N3O4. The van der Waals surface area contributed by atoms with Crippen LogP contribution >= 0.6 is 0 Å². The van der Waals surface area contributed by atoms with E-state index < -0.39 is 11.0 Å². The van der Waals surface area contributed by atoms with Crippen molar-refractivity contribution in [3.05, 3.63) is 34.4 Å². The number of benzene rings is 1. The highest BCUT2D eigenvalue weighted by atomic mass is 16.6. The Morgan fingerprint density at radius 2 is 2.24 bits per heavy atom. The maximum atomic E-state index is 12.0. The third kappa shape index (κ3) is 4.16. The summed E-state index contributed by atoms with van der Waals surface area (Å²) in [4.78, 5) is 24.1. The van der Waals surface area contributed by atoms with Gasteiger partial charge in [0.1, 0.15) is 5.69 Å². The van der Waals surface area contributed by atoms with Crippen molar-refractivity contribution in [2.24, 2.45) is 0 Å². The summed E-state index contributed by atoms with van der Waals surface area (Å²) in [5.74, 6) is -0.0418. The van der Waals surface area contributed by atoms with Crippen molar-refractivity contribution >= 4 is 17.3 Å². The summed E-state index contributed by atoms with van der Waals surface area (Å²) < 4.78 is 0. The average Bonchev–Trinajstić information content (AvgIpc) is 2.47. The van der Waals surface area contributed by atoms with E-state index in [9.17, 15) is 20.0 Å². The molecule has 0 bridgehead atoms. The van der Waals surface area contributed by atoms with Gasteiger partial charge < -0.3 is 15.3 Å². The van der Waals surface area contributed by atoms with Gasteiger partial charge in [-0.2, -0.15) is 0 Å². The summed E-state index contributed by atoms with van der Waals surface area (Å²) in [5, 5.41) is 23.3. The fourth-order valence-corrected chi connectivity index (χ4v) is 2.43. The zero-order chi connectivity index (χ0) is 15.2. The first kappa shape index (κ1) is 15.2. The van der Waals surface area contributed by atoms with Crippen molar-refractivity contribution in [1.29, 1.82) is 0 Å². The minimum atomic E-state index is -0.453. The molecule has 1 saturated heterocycles. The summed E-state index contributed by atoms with van der Waals surface area (Å²) in [6.45, 7) is 1.38. The number of hydrogen-bond donors (Lipinski definition) is 2. The second kappa shape index (κ2) is 7.03. The number of β-amino-alcohol motifs (C(OH)–C–C–N with tert-alkyl or cyclic N) is 1. The lowest BCUT2D eigenvalue weighted by Gasteiger charge is -2.30. The van der Waals surface area contributed by atoms with Gasteiger partial charge in [0, 0.05) is 32.1 Å². The van der Waals surface area contributed by atoms with Crippen LogP contribution < -0.4 is 5.32 Å². The summed E-state index contributed by atoms with van der Waals surface area (Å²) in [7, 11) is 0. The summed E-state index contributed by atoms with van der Waals surface area (Å²) >= 11 is 0. The van der Waals surface area contributed by atoms with Crippen LogP contribution in [0.5, 0.6) is 0 Å². The van der Waals surface area contributed by atoms with Crippen LogP contribution in [0.2, 0.25) is 0 Å². The van der Waals surface area contributed by atoms with Crippen LogP contribution in [0.3, 0.4) is 0 Å². The monoisotopic (exact) mass is 293 g/mol. The largest absolute Gasteiger partial charge is 0.391 e. The molecule has 1 fully saturated rings. The molecule has 0 spiro atoms. The molecule has 2 N–H and O–H groups in total. The quantitative estimate of drug-likeness (QED) is 0.631. The Hall–Kier alpha value is -2.15. The number of carbonyl (C=O) groups is 1. The molecule has 0 aromatic heterocycles. The highest BCUT2D eigenvalue weighted by Crippen LogP contribution is 2.23. The van der Waals surface area contributed by atoms with E-state index in [1.165, 1.54) is 6.07 Å². The van der Waals surface area contributed by atoms with E-state index in [4.69, 9.17) is 0 Å². The number of hydrogen-bond acceptors (Lipinski definition) is 5.